The second-order valence-electron chi connectivity index (χ2n) is 5.13. The summed E-state index contributed by atoms with van der Waals surface area (Å²) in [6.45, 7) is 1.49. The minimum Gasteiger partial charge on any atom is -0.396 e. The maximum atomic E-state index is 12.6. The van der Waals surface area contributed by atoms with Gasteiger partial charge in [-0.2, -0.15) is 5.10 Å². The molecule has 0 radical (unpaired) electrons. The molecule has 1 saturated heterocycles. The Labute approximate surface area is 121 Å². The number of hydrogen-bond acceptors (Lipinski definition) is 4. The largest absolute Gasteiger partial charge is 0.396 e. The van der Waals surface area contributed by atoms with E-state index in [1.165, 1.54) is 0 Å². The van der Waals surface area contributed by atoms with Crippen molar-refractivity contribution in [1.82, 2.24) is 14.7 Å². The molecule has 1 N–H and O–H groups in total. The van der Waals surface area contributed by atoms with Crippen LogP contribution in [0.15, 0.2) is 23.7 Å². The first kappa shape index (κ1) is 13.3. The molecule has 106 valence electrons. The fourth-order valence-corrected chi connectivity index (χ4v) is 3.30. The van der Waals surface area contributed by atoms with Gasteiger partial charge in [0.1, 0.15) is 5.69 Å². The summed E-state index contributed by atoms with van der Waals surface area (Å²) in [5.74, 6) is 0.221. The highest BCUT2D eigenvalue weighted by Gasteiger charge is 2.29. The number of aliphatic hydroxyl groups excluding tert-OH is 1. The molecule has 1 aliphatic heterocycles. The number of amides is 1. The van der Waals surface area contributed by atoms with Crippen molar-refractivity contribution in [1.29, 1.82) is 0 Å². The summed E-state index contributed by atoms with van der Waals surface area (Å²) in [7, 11) is 1.83. The molecule has 1 amide bonds. The van der Waals surface area contributed by atoms with Gasteiger partial charge in [0.2, 0.25) is 0 Å². The topological polar surface area (TPSA) is 58.4 Å². The van der Waals surface area contributed by atoms with Crippen molar-refractivity contribution < 1.29 is 9.90 Å². The summed E-state index contributed by atoms with van der Waals surface area (Å²) in [6, 6.07) is 3.94. The van der Waals surface area contributed by atoms with E-state index < -0.39 is 0 Å². The lowest BCUT2D eigenvalue weighted by Gasteiger charge is -2.15. The third-order valence-electron chi connectivity index (χ3n) is 3.65. The maximum absolute atomic E-state index is 12.6. The van der Waals surface area contributed by atoms with Gasteiger partial charge in [0.25, 0.3) is 5.91 Å². The van der Waals surface area contributed by atoms with Crippen LogP contribution in [-0.4, -0.2) is 45.4 Å². The highest BCUT2D eigenvalue weighted by molar-refractivity contribution is 7.13. The number of aromatic nitrogens is 2. The van der Waals surface area contributed by atoms with Gasteiger partial charge < -0.3 is 10.0 Å². The monoisotopic (exact) mass is 291 g/mol. The molecule has 3 rings (SSSR count). The van der Waals surface area contributed by atoms with E-state index in [0.717, 1.165) is 17.0 Å². The van der Waals surface area contributed by atoms with Crippen molar-refractivity contribution >= 4 is 17.2 Å². The van der Waals surface area contributed by atoms with Crippen LogP contribution in [0.2, 0.25) is 0 Å². The SMILES string of the molecule is Cn1cc(C(=O)N2CCC(CO)C2)c(-c2cccs2)n1. The van der Waals surface area contributed by atoms with Crippen molar-refractivity contribution in [2.24, 2.45) is 13.0 Å². The molecule has 1 atom stereocenters. The van der Waals surface area contributed by atoms with Crippen LogP contribution in [0.5, 0.6) is 0 Å². The van der Waals surface area contributed by atoms with Crippen molar-refractivity contribution in [3.05, 3.63) is 29.3 Å². The molecule has 20 heavy (non-hydrogen) atoms. The lowest BCUT2D eigenvalue weighted by atomic mass is 10.1. The van der Waals surface area contributed by atoms with E-state index in [4.69, 9.17) is 0 Å². The van der Waals surface area contributed by atoms with Crippen molar-refractivity contribution in [2.75, 3.05) is 19.7 Å². The van der Waals surface area contributed by atoms with Crippen molar-refractivity contribution in [2.45, 2.75) is 6.42 Å². The highest BCUT2D eigenvalue weighted by atomic mass is 32.1. The third-order valence-corrected chi connectivity index (χ3v) is 4.52. The average Bonchev–Trinajstić information content (AvgIpc) is 3.17. The first-order chi connectivity index (χ1) is 9.69. The van der Waals surface area contributed by atoms with Crippen LogP contribution in [0, 0.1) is 5.92 Å². The first-order valence-electron chi connectivity index (χ1n) is 6.66. The Morgan fingerprint density at radius 3 is 3.10 bits per heavy atom. The number of likely N-dealkylation sites (tertiary alicyclic amines) is 1. The van der Waals surface area contributed by atoms with Crippen LogP contribution in [-0.2, 0) is 7.05 Å². The molecule has 2 aromatic heterocycles. The Kier molecular flexibility index (Phi) is 3.58. The summed E-state index contributed by atoms with van der Waals surface area (Å²) >= 11 is 1.58. The van der Waals surface area contributed by atoms with Gasteiger partial charge in [-0.05, 0) is 17.9 Å². The molecule has 0 bridgehead atoms. The molecule has 6 heteroatoms. The van der Waals surface area contributed by atoms with Crippen LogP contribution in [0.25, 0.3) is 10.6 Å². The molecule has 2 aromatic rings. The molecule has 0 aliphatic carbocycles. The van der Waals surface area contributed by atoms with Gasteiger partial charge in [0, 0.05) is 38.9 Å². The molecule has 0 spiro atoms. The fraction of sp³-hybridized carbons (Fsp3) is 0.429. The molecule has 1 unspecified atom stereocenters. The fourth-order valence-electron chi connectivity index (χ4n) is 2.58. The molecule has 1 aliphatic rings. The van der Waals surface area contributed by atoms with Gasteiger partial charge in [0.05, 0.1) is 10.4 Å². The van der Waals surface area contributed by atoms with Gasteiger partial charge in [-0.3, -0.25) is 9.48 Å². The molecule has 5 nitrogen and oxygen atoms in total. The van der Waals surface area contributed by atoms with Crippen LogP contribution in [0.4, 0.5) is 0 Å². The van der Waals surface area contributed by atoms with E-state index in [2.05, 4.69) is 5.10 Å². The highest BCUT2D eigenvalue weighted by Crippen LogP contribution is 2.28. The number of rotatable bonds is 3. The minimum absolute atomic E-state index is 0.0115. The lowest BCUT2D eigenvalue weighted by Crippen LogP contribution is -2.29. The van der Waals surface area contributed by atoms with E-state index in [9.17, 15) is 9.90 Å². The zero-order chi connectivity index (χ0) is 14.1. The number of nitrogens with zero attached hydrogens (tertiary/aromatic N) is 3. The smallest absolute Gasteiger partial charge is 0.257 e. The predicted molar refractivity (Wildman–Crippen MR) is 77.6 cm³/mol. The first-order valence-corrected chi connectivity index (χ1v) is 7.54. The molecular weight excluding hydrogens is 274 g/mol. The van der Waals surface area contributed by atoms with Crippen LogP contribution in [0.1, 0.15) is 16.8 Å². The summed E-state index contributed by atoms with van der Waals surface area (Å²) in [6.07, 6.45) is 2.65. The summed E-state index contributed by atoms with van der Waals surface area (Å²) in [5, 5.41) is 15.6. The van der Waals surface area contributed by atoms with E-state index >= 15 is 0 Å². The van der Waals surface area contributed by atoms with E-state index in [-0.39, 0.29) is 18.4 Å². The maximum Gasteiger partial charge on any atom is 0.257 e. The Morgan fingerprint density at radius 2 is 2.45 bits per heavy atom. The lowest BCUT2D eigenvalue weighted by molar-refractivity contribution is 0.0782. The average molecular weight is 291 g/mol. The summed E-state index contributed by atoms with van der Waals surface area (Å²) < 4.78 is 1.68. The van der Waals surface area contributed by atoms with Crippen molar-refractivity contribution in [3.8, 4) is 10.6 Å². The molecular formula is C14H17N3O2S. The predicted octanol–water partition coefficient (Wildman–Crippen LogP) is 1.60. The number of hydrogen-bond donors (Lipinski definition) is 1. The van der Waals surface area contributed by atoms with Crippen LogP contribution < -0.4 is 0 Å². The number of aryl methyl sites for hydroxylation is 1. The number of carbonyl (C=O) groups is 1. The van der Waals surface area contributed by atoms with Gasteiger partial charge in [-0.25, -0.2) is 0 Å². The summed E-state index contributed by atoms with van der Waals surface area (Å²) in [5.41, 5.74) is 1.40. The van der Waals surface area contributed by atoms with Crippen molar-refractivity contribution in [3.63, 3.8) is 0 Å². The molecule has 0 aromatic carbocycles. The second-order valence-corrected chi connectivity index (χ2v) is 6.08. The Hall–Kier alpha value is -1.66. The van der Waals surface area contributed by atoms with E-state index in [0.29, 0.717) is 18.7 Å². The summed E-state index contributed by atoms with van der Waals surface area (Å²) in [4.78, 5) is 15.5. The molecule has 1 fully saturated rings. The second kappa shape index (κ2) is 5.38. The number of carbonyl (C=O) groups excluding carboxylic acids is 1. The minimum atomic E-state index is 0.0115. The standard InChI is InChI=1S/C14H17N3O2S/c1-16-8-11(13(15-16)12-3-2-6-20-12)14(19)17-5-4-10(7-17)9-18/h2-3,6,8,10,18H,4-5,7,9H2,1H3. The van der Waals surface area contributed by atoms with Gasteiger partial charge in [-0.15, -0.1) is 11.3 Å². The number of aliphatic hydroxyl groups is 1. The van der Waals surface area contributed by atoms with Crippen LogP contribution >= 0.6 is 11.3 Å². The Morgan fingerprint density at radius 1 is 1.60 bits per heavy atom. The zero-order valence-electron chi connectivity index (χ0n) is 11.3. The Balaban J connectivity index is 1.89. The zero-order valence-corrected chi connectivity index (χ0v) is 12.1. The molecule has 0 saturated carbocycles. The van der Waals surface area contributed by atoms with Crippen LogP contribution in [0.3, 0.4) is 0 Å². The van der Waals surface area contributed by atoms with Gasteiger partial charge in [-0.1, -0.05) is 6.07 Å². The quantitative estimate of drug-likeness (QED) is 0.934. The Bertz CT molecular complexity index is 606. The van der Waals surface area contributed by atoms with E-state index in [1.54, 1.807) is 22.2 Å². The van der Waals surface area contributed by atoms with E-state index in [1.807, 2.05) is 29.5 Å². The normalized spacial score (nSPS) is 18.7. The van der Waals surface area contributed by atoms with Gasteiger partial charge in [0.15, 0.2) is 0 Å². The van der Waals surface area contributed by atoms with Gasteiger partial charge >= 0.3 is 0 Å². The third kappa shape index (κ3) is 2.36. The number of thiophene rings is 1. The molecule has 3 heterocycles.